The van der Waals surface area contributed by atoms with E-state index in [9.17, 15) is 4.79 Å². The second-order valence-corrected chi connectivity index (χ2v) is 4.58. The topological polar surface area (TPSA) is 17.1 Å². The van der Waals surface area contributed by atoms with Crippen LogP contribution in [-0.4, -0.2) is 5.78 Å². The van der Waals surface area contributed by atoms with Gasteiger partial charge in [-0.15, -0.1) is 0 Å². The van der Waals surface area contributed by atoms with E-state index in [0.717, 1.165) is 12.3 Å². The van der Waals surface area contributed by atoms with E-state index in [1.807, 2.05) is 25.2 Å². The van der Waals surface area contributed by atoms with Gasteiger partial charge in [-0.1, -0.05) is 44.4 Å². The SMILES string of the molecule is CC=CC=CC(=O)CC1CCCCC1C. The normalized spacial score (nSPS) is 27.6. The van der Waals surface area contributed by atoms with Gasteiger partial charge in [0.05, 0.1) is 0 Å². The van der Waals surface area contributed by atoms with E-state index in [2.05, 4.69) is 6.92 Å². The minimum absolute atomic E-state index is 0.284. The van der Waals surface area contributed by atoms with E-state index in [4.69, 9.17) is 0 Å². The summed E-state index contributed by atoms with van der Waals surface area (Å²) in [6.45, 7) is 4.24. The number of ketones is 1. The number of allylic oxidation sites excluding steroid dienone is 4. The highest BCUT2D eigenvalue weighted by atomic mass is 16.1. The first-order valence-electron chi connectivity index (χ1n) is 6.06. The van der Waals surface area contributed by atoms with Crippen molar-refractivity contribution >= 4 is 5.78 Å². The van der Waals surface area contributed by atoms with E-state index in [0.29, 0.717) is 5.92 Å². The molecule has 2 atom stereocenters. The lowest BCUT2D eigenvalue weighted by molar-refractivity contribution is -0.116. The van der Waals surface area contributed by atoms with Gasteiger partial charge >= 0.3 is 0 Å². The summed E-state index contributed by atoms with van der Waals surface area (Å²) in [6, 6.07) is 0. The number of hydrogen-bond donors (Lipinski definition) is 0. The molecule has 0 radical (unpaired) electrons. The fraction of sp³-hybridized carbons (Fsp3) is 0.643. The summed E-state index contributed by atoms with van der Waals surface area (Å²) in [5, 5.41) is 0. The van der Waals surface area contributed by atoms with Crippen LogP contribution in [0.2, 0.25) is 0 Å². The van der Waals surface area contributed by atoms with Gasteiger partial charge in [0.1, 0.15) is 0 Å². The molecule has 0 aromatic carbocycles. The second kappa shape index (κ2) is 6.60. The van der Waals surface area contributed by atoms with Gasteiger partial charge in [0, 0.05) is 6.42 Å². The van der Waals surface area contributed by atoms with E-state index in [1.165, 1.54) is 25.7 Å². The molecule has 1 rings (SSSR count). The Kier molecular flexibility index (Phi) is 5.38. The number of carbonyl (C=O) groups is 1. The first-order valence-corrected chi connectivity index (χ1v) is 6.06. The van der Waals surface area contributed by atoms with Crippen LogP contribution in [0.1, 0.15) is 46.0 Å². The Morgan fingerprint density at radius 3 is 2.67 bits per heavy atom. The van der Waals surface area contributed by atoms with E-state index >= 15 is 0 Å². The molecule has 0 aromatic rings. The summed E-state index contributed by atoms with van der Waals surface area (Å²) in [5.74, 6) is 1.64. The Labute approximate surface area is 93.3 Å². The molecule has 1 heteroatoms. The lowest BCUT2D eigenvalue weighted by atomic mass is 9.78. The van der Waals surface area contributed by atoms with Gasteiger partial charge in [0.25, 0.3) is 0 Å². The second-order valence-electron chi connectivity index (χ2n) is 4.58. The van der Waals surface area contributed by atoms with Crippen molar-refractivity contribution in [2.24, 2.45) is 11.8 Å². The summed E-state index contributed by atoms with van der Waals surface area (Å²) >= 11 is 0. The molecule has 1 fully saturated rings. The number of carbonyl (C=O) groups excluding carboxylic acids is 1. The molecule has 0 amide bonds. The van der Waals surface area contributed by atoms with Crippen LogP contribution in [0, 0.1) is 11.8 Å². The van der Waals surface area contributed by atoms with E-state index in [1.54, 1.807) is 6.08 Å². The molecule has 1 nitrogen and oxygen atoms in total. The third-order valence-corrected chi connectivity index (χ3v) is 3.34. The van der Waals surface area contributed by atoms with Crippen molar-refractivity contribution in [3.8, 4) is 0 Å². The van der Waals surface area contributed by atoms with Crippen LogP contribution in [0.4, 0.5) is 0 Å². The quantitative estimate of drug-likeness (QED) is 0.503. The zero-order valence-electron chi connectivity index (χ0n) is 9.91. The smallest absolute Gasteiger partial charge is 0.155 e. The van der Waals surface area contributed by atoms with Gasteiger partial charge in [-0.05, 0) is 31.3 Å². The number of rotatable bonds is 4. The highest BCUT2D eigenvalue weighted by Crippen LogP contribution is 2.31. The molecule has 0 N–H and O–H groups in total. The maximum atomic E-state index is 11.6. The molecule has 84 valence electrons. The summed E-state index contributed by atoms with van der Waals surface area (Å²) in [4.78, 5) is 11.6. The van der Waals surface area contributed by atoms with Gasteiger partial charge in [0.15, 0.2) is 5.78 Å². The number of hydrogen-bond acceptors (Lipinski definition) is 1. The lowest BCUT2D eigenvalue weighted by Gasteiger charge is -2.27. The van der Waals surface area contributed by atoms with Crippen LogP contribution in [-0.2, 0) is 4.79 Å². The molecule has 0 aromatic heterocycles. The Bertz CT molecular complexity index is 250. The fourth-order valence-corrected chi connectivity index (χ4v) is 2.30. The molecule has 0 aliphatic heterocycles. The van der Waals surface area contributed by atoms with Crippen molar-refractivity contribution in [2.75, 3.05) is 0 Å². The molecule has 1 aliphatic rings. The highest BCUT2D eigenvalue weighted by molar-refractivity contribution is 5.90. The third kappa shape index (κ3) is 4.46. The third-order valence-electron chi connectivity index (χ3n) is 3.34. The van der Waals surface area contributed by atoms with Crippen molar-refractivity contribution in [1.82, 2.24) is 0 Å². The Balaban J connectivity index is 2.36. The van der Waals surface area contributed by atoms with Crippen LogP contribution < -0.4 is 0 Å². The van der Waals surface area contributed by atoms with Gasteiger partial charge in [-0.25, -0.2) is 0 Å². The fourth-order valence-electron chi connectivity index (χ4n) is 2.30. The molecular formula is C14H22O. The standard InChI is InChI=1S/C14H22O/c1-3-4-5-10-14(15)11-13-9-7-6-8-12(13)2/h3-5,10,12-13H,6-9,11H2,1-2H3. The van der Waals surface area contributed by atoms with Gasteiger partial charge in [0.2, 0.25) is 0 Å². The van der Waals surface area contributed by atoms with Crippen molar-refractivity contribution in [3.05, 3.63) is 24.3 Å². The molecule has 0 bridgehead atoms. The molecule has 0 heterocycles. The molecule has 1 aliphatic carbocycles. The summed E-state index contributed by atoms with van der Waals surface area (Å²) in [6.07, 6.45) is 13.3. The average molecular weight is 206 g/mol. The molecule has 0 spiro atoms. The molecule has 15 heavy (non-hydrogen) atoms. The zero-order chi connectivity index (χ0) is 11.1. The first-order chi connectivity index (χ1) is 7.24. The zero-order valence-corrected chi connectivity index (χ0v) is 9.91. The lowest BCUT2D eigenvalue weighted by Crippen LogP contribution is -2.19. The van der Waals surface area contributed by atoms with Crippen molar-refractivity contribution < 1.29 is 4.79 Å². The Hall–Kier alpha value is -0.850. The van der Waals surface area contributed by atoms with E-state index in [-0.39, 0.29) is 5.78 Å². The minimum atomic E-state index is 0.284. The van der Waals surface area contributed by atoms with Gasteiger partial charge in [-0.2, -0.15) is 0 Å². The van der Waals surface area contributed by atoms with Gasteiger partial charge < -0.3 is 0 Å². The maximum Gasteiger partial charge on any atom is 0.155 e. The highest BCUT2D eigenvalue weighted by Gasteiger charge is 2.22. The van der Waals surface area contributed by atoms with Crippen molar-refractivity contribution in [3.63, 3.8) is 0 Å². The largest absolute Gasteiger partial charge is 0.295 e. The Morgan fingerprint density at radius 2 is 2.00 bits per heavy atom. The Morgan fingerprint density at radius 1 is 1.27 bits per heavy atom. The van der Waals surface area contributed by atoms with Crippen LogP contribution in [0.3, 0.4) is 0 Å². The predicted octanol–water partition coefficient (Wildman–Crippen LogP) is 3.90. The summed E-state index contributed by atoms with van der Waals surface area (Å²) in [5.41, 5.74) is 0. The van der Waals surface area contributed by atoms with Crippen LogP contribution >= 0.6 is 0 Å². The summed E-state index contributed by atoms with van der Waals surface area (Å²) < 4.78 is 0. The average Bonchev–Trinajstić information content (AvgIpc) is 2.22. The van der Waals surface area contributed by atoms with E-state index < -0.39 is 0 Å². The van der Waals surface area contributed by atoms with Crippen molar-refractivity contribution in [2.45, 2.75) is 46.0 Å². The molecule has 2 unspecified atom stereocenters. The minimum Gasteiger partial charge on any atom is -0.295 e. The van der Waals surface area contributed by atoms with Crippen LogP contribution in [0.5, 0.6) is 0 Å². The maximum absolute atomic E-state index is 11.6. The van der Waals surface area contributed by atoms with Crippen molar-refractivity contribution in [1.29, 1.82) is 0 Å². The molecule has 0 saturated heterocycles. The van der Waals surface area contributed by atoms with Crippen LogP contribution in [0.15, 0.2) is 24.3 Å². The summed E-state index contributed by atoms with van der Waals surface area (Å²) in [7, 11) is 0. The van der Waals surface area contributed by atoms with Crippen LogP contribution in [0.25, 0.3) is 0 Å². The monoisotopic (exact) mass is 206 g/mol. The predicted molar refractivity (Wildman–Crippen MR) is 64.7 cm³/mol. The molecular weight excluding hydrogens is 184 g/mol. The molecule has 1 saturated carbocycles. The first kappa shape index (κ1) is 12.2. The van der Waals surface area contributed by atoms with Gasteiger partial charge in [-0.3, -0.25) is 4.79 Å².